The number of nitrogens with zero attached hydrogens (tertiary/aromatic N) is 1. The molecule has 2 aromatic carbocycles. The van der Waals surface area contributed by atoms with Gasteiger partial charge in [-0.25, -0.2) is 4.98 Å². The Balaban J connectivity index is 2.06. The maximum absolute atomic E-state index is 12.9. The van der Waals surface area contributed by atoms with Crippen LogP contribution in [0.5, 0.6) is 0 Å². The van der Waals surface area contributed by atoms with Gasteiger partial charge in [0.15, 0.2) is 0 Å². The molecule has 7 heteroatoms. The number of aromatic nitrogens is 1. The highest BCUT2D eigenvalue weighted by Gasteiger charge is 2.31. The van der Waals surface area contributed by atoms with Crippen LogP contribution in [0.2, 0.25) is 5.02 Å². The van der Waals surface area contributed by atoms with E-state index < -0.39 is 11.7 Å². The van der Waals surface area contributed by atoms with Crippen molar-refractivity contribution in [3.63, 3.8) is 0 Å². The van der Waals surface area contributed by atoms with Crippen LogP contribution in [0.25, 0.3) is 11.3 Å². The third-order valence-electron chi connectivity index (χ3n) is 3.36. The Labute approximate surface area is 144 Å². The summed E-state index contributed by atoms with van der Waals surface area (Å²) in [6, 6.07) is 11.3. The molecule has 0 saturated carbocycles. The fraction of sp³-hybridized carbons (Fsp3) is 0.0588. The van der Waals surface area contributed by atoms with Gasteiger partial charge < -0.3 is 0 Å². The van der Waals surface area contributed by atoms with E-state index >= 15 is 0 Å². The minimum Gasteiger partial charge on any atom is -0.288 e. The molecule has 0 aliphatic rings. The lowest BCUT2D eigenvalue weighted by atomic mass is 10.0. The van der Waals surface area contributed by atoms with Crippen LogP contribution in [-0.4, -0.2) is 10.8 Å². The smallest absolute Gasteiger partial charge is 0.288 e. The summed E-state index contributed by atoms with van der Waals surface area (Å²) in [6.07, 6.45) is -4.46. The molecule has 1 heterocycles. The highest BCUT2D eigenvalue weighted by molar-refractivity contribution is 7.12. The van der Waals surface area contributed by atoms with Crippen LogP contribution in [0.3, 0.4) is 0 Å². The predicted molar refractivity (Wildman–Crippen MR) is 87.4 cm³/mol. The lowest BCUT2D eigenvalue weighted by Gasteiger charge is -2.09. The quantitative estimate of drug-likeness (QED) is 0.555. The Kier molecular flexibility index (Phi) is 4.43. The molecule has 3 aromatic rings. The number of alkyl halides is 3. The number of hydrogen-bond acceptors (Lipinski definition) is 3. The number of benzene rings is 2. The summed E-state index contributed by atoms with van der Waals surface area (Å²) in [6.45, 7) is 0. The molecule has 2 nitrogen and oxygen atoms in total. The summed E-state index contributed by atoms with van der Waals surface area (Å²) in [5, 5.41) is 0.283. The molecule has 0 bridgehead atoms. The van der Waals surface area contributed by atoms with Gasteiger partial charge in [-0.3, -0.25) is 4.79 Å². The normalized spacial score (nSPS) is 11.5. The Morgan fingerprint density at radius 1 is 1.08 bits per heavy atom. The fourth-order valence-corrected chi connectivity index (χ4v) is 3.21. The van der Waals surface area contributed by atoms with E-state index in [-0.39, 0.29) is 32.5 Å². The third-order valence-corrected chi connectivity index (χ3v) is 4.51. The molecule has 0 saturated heterocycles. The van der Waals surface area contributed by atoms with Crippen molar-refractivity contribution >= 4 is 28.7 Å². The minimum absolute atomic E-state index is 0.219. The van der Waals surface area contributed by atoms with Crippen molar-refractivity contribution in [3.8, 4) is 11.3 Å². The average Bonchev–Trinajstić information content (AvgIpc) is 3.03. The standard InChI is InChI=1S/C17H9ClF3NOS/c18-13-7-2-1-6-12(13)15(23)16-14(22-9-24-16)10-4-3-5-11(8-10)17(19,20)21/h1-9H. The number of hydrogen-bond donors (Lipinski definition) is 0. The van der Waals surface area contributed by atoms with Crippen molar-refractivity contribution < 1.29 is 18.0 Å². The summed E-state index contributed by atoms with van der Waals surface area (Å²) in [7, 11) is 0. The fourth-order valence-electron chi connectivity index (χ4n) is 2.22. The zero-order chi connectivity index (χ0) is 17.3. The van der Waals surface area contributed by atoms with Crippen molar-refractivity contribution in [2.24, 2.45) is 0 Å². The van der Waals surface area contributed by atoms with Gasteiger partial charge in [-0.15, -0.1) is 11.3 Å². The molecule has 0 atom stereocenters. The van der Waals surface area contributed by atoms with Gasteiger partial charge in [0.1, 0.15) is 4.88 Å². The molecule has 24 heavy (non-hydrogen) atoms. The van der Waals surface area contributed by atoms with E-state index in [0.29, 0.717) is 0 Å². The van der Waals surface area contributed by atoms with Crippen LogP contribution in [0, 0.1) is 0 Å². The summed E-state index contributed by atoms with van der Waals surface area (Å²) in [4.78, 5) is 17.0. The second kappa shape index (κ2) is 6.37. The molecule has 0 fully saturated rings. The second-order valence-corrected chi connectivity index (χ2v) is 6.18. The number of carbonyl (C=O) groups is 1. The van der Waals surface area contributed by atoms with E-state index in [1.165, 1.54) is 17.6 Å². The molecular weight excluding hydrogens is 359 g/mol. The molecule has 0 radical (unpaired) electrons. The zero-order valence-electron chi connectivity index (χ0n) is 12.0. The van der Waals surface area contributed by atoms with E-state index in [1.807, 2.05) is 0 Å². The summed E-state index contributed by atoms with van der Waals surface area (Å²) >= 11 is 7.10. The van der Waals surface area contributed by atoms with Gasteiger partial charge in [0.05, 0.1) is 21.8 Å². The SMILES string of the molecule is O=C(c1ccccc1Cl)c1scnc1-c1cccc(C(F)(F)F)c1. The summed E-state index contributed by atoms with van der Waals surface area (Å²) in [5.74, 6) is -0.365. The molecule has 122 valence electrons. The minimum atomic E-state index is -4.46. The molecule has 0 amide bonds. The van der Waals surface area contributed by atoms with Gasteiger partial charge >= 0.3 is 6.18 Å². The van der Waals surface area contributed by atoms with Crippen molar-refractivity contribution in [1.82, 2.24) is 4.98 Å². The number of halogens is 4. The van der Waals surface area contributed by atoms with Gasteiger partial charge in [-0.1, -0.05) is 35.9 Å². The Morgan fingerprint density at radius 2 is 1.83 bits per heavy atom. The highest BCUT2D eigenvalue weighted by Crippen LogP contribution is 2.34. The second-order valence-electron chi connectivity index (χ2n) is 4.92. The van der Waals surface area contributed by atoms with Crippen LogP contribution < -0.4 is 0 Å². The Bertz CT molecular complexity index is 905. The topological polar surface area (TPSA) is 30.0 Å². The first kappa shape index (κ1) is 16.7. The van der Waals surface area contributed by atoms with Crippen LogP contribution in [0.4, 0.5) is 13.2 Å². The number of rotatable bonds is 3. The lowest BCUT2D eigenvalue weighted by Crippen LogP contribution is -2.05. The van der Waals surface area contributed by atoms with E-state index in [1.54, 1.807) is 24.3 Å². The van der Waals surface area contributed by atoms with Gasteiger partial charge in [0.25, 0.3) is 0 Å². The summed E-state index contributed by atoms with van der Waals surface area (Å²) < 4.78 is 38.7. The van der Waals surface area contributed by atoms with Gasteiger partial charge in [-0.2, -0.15) is 13.2 Å². The van der Waals surface area contributed by atoms with Crippen LogP contribution in [0.15, 0.2) is 54.0 Å². The third kappa shape index (κ3) is 3.20. The summed E-state index contributed by atoms with van der Waals surface area (Å²) in [5.41, 5.74) is 1.39. The van der Waals surface area contributed by atoms with Crippen molar-refractivity contribution in [1.29, 1.82) is 0 Å². The van der Waals surface area contributed by atoms with Gasteiger partial charge in [0.2, 0.25) is 5.78 Å². The molecule has 0 N–H and O–H groups in total. The zero-order valence-corrected chi connectivity index (χ0v) is 13.5. The first-order valence-electron chi connectivity index (χ1n) is 6.78. The molecule has 0 aliphatic carbocycles. The molecule has 3 rings (SSSR count). The van der Waals surface area contributed by atoms with Crippen LogP contribution >= 0.6 is 22.9 Å². The number of thiazole rings is 1. The largest absolute Gasteiger partial charge is 0.416 e. The van der Waals surface area contributed by atoms with Crippen molar-refractivity contribution in [2.45, 2.75) is 6.18 Å². The number of ketones is 1. The first-order valence-corrected chi connectivity index (χ1v) is 8.04. The van der Waals surface area contributed by atoms with Gasteiger partial charge in [-0.05, 0) is 24.3 Å². The molecular formula is C17H9ClF3NOS. The maximum Gasteiger partial charge on any atom is 0.416 e. The average molecular weight is 368 g/mol. The van der Waals surface area contributed by atoms with Crippen molar-refractivity contribution in [2.75, 3.05) is 0 Å². The monoisotopic (exact) mass is 367 g/mol. The Morgan fingerprint density at radius 3 is 2.54 bits per heavy atom. The highest BCUT2D eigenvalue weighted by atomic mass is 35.5. The lowest BCUT2D eigenvalue weighted by molar-refractivity contribution is -0.137. The van der Waals surface area contributed by atoms with E-state index in [4.69, 9.17) is 11.6 Å². The molecule has 0 spiro atoms. The number of carbonyl (C=O) groups excluding carboxylic acids is 1. The van der Waals surface area contributed by atoms with Gasteiger partial charge in [0, 0.05) is 11.1 Å². The first-order chi connectivity index (χ1) is 11.4. The maximum atomic E-state index is 12.9. The Hall–Kier alpha value is -2.18. The molecule has 0 unspecified atom stereocenters. The molecule has 0 aliphatic heterocycles. The van der Waals surface area contributed by atoms with E-state index in [2.05, 4.69) is 4.98 Å². The van der Waals surface area contributed by atoms with E-state index in [0.717, 1.165) is 23.5 Å². The predicted octanol–water partition coefficient (Wildman–Crippen LogP) is 5.71. The van der Waals surface area contributed by atoms with Crippen molar-refractivity contribution in [3.05, 3.63) is 75.1 Å². The van der Waals surface area contributed by atoms with E-state index in [9.17, 15) is 18.0 Å². The van der Waals surface area contributed by atoms with Crippen LogP contribution in [0.1, 0.15) is 20.8 Å². The van der Waals surface area contributed by atoms with Crippen LogP contribution in [-0.2, 0) is 6.18 Å². The molecule has 1 aromatic heterocycles.